The van der Waals surface area contributed by atoms with Crippen LogP contribution in [0.3, 0.4) is 0 Å². The predicted octanol–water partition coefficient (Wildman–Crippen LogP) is 4.27. The van der Waals surface area contributed by atoms with E-state index < -0.39 is 0 Å². The molecule has 104 valence electrons. The molecule has 1 saturated heterocycles. The summed E-state index contributed by atoms with van der Waals surface area (Å²) in [5, 5.41) is 0. The van der Waals surface area contributed by atoms with E-state index >= 15 is 0 Å². The number of rotatable bonds is 2. The van der Waals surface area contributed by atoms with Gasteiger partial charge in [0.25, 0.3) is 5.91 Å². The van der Waals surface area contributed by atoms with Crippen LogP contribution in [0.5, 0.6) is 0 Å². The molecule has 1 aliphatic heterocycles. The quantitative estimate of drug-likeness (QED) is 0.796. The summed E-state index contributed by atoms with van der Waals surface area (Å²) in [5.41, 5.74) is 1.91. The number of amides is 1. The largest absolute Gasteiger partial charge is 0.339 e. The Bertz CT molecular complexity index is 462. The van der Waals surface area contributed by atoms with Crippen LogP contribution in [0.25, 0.3) is 0 Å². The highest BCUT2D eigenvalue weighted by Crippen LogP contribution is 2.27. The first-order valence-electron chi connectivity index (χ1n) is 7.05. The van der Waals surface area contributed by atoms with E-state index in [9.17, 15) is 4.79 Å². The maximum Gasteiger partial charge on any atom is 0.255 e. The fourth-order valence-electron chi connectivity index (χ4n) is 2.75. The first kappa shape index (κ1) is 14.6. The molecule has 0 aromatic heterocycles. The van der Waals surface area contributed by atoms with Gasteiger partial charge in [-0.3, -0.25) is 4.79 Å². The number of aryl methyl sites for hydroxylation is 1. The van der Waals surface area contributed by atoms with Crippen molar-refractivity contribution in [2.24, 2.45) is 11.8 Å². The summed E-state index contributed by atoms with van der Waals surface area (Å²) in [4.78, 5) is 14.5. The summed E-state index contributed by atoms with van der Waals surface area (Å²) in [6.07, 6.45) is 2.26. The zero-order valence-corrected chi connectivity index (χ0v) is 13.5. The van der Waals surface area contributed by atoms with E-state index in [1.165, 1.54) is 0 Å². The number of nitrogens with zero attached hydrogens (tertiary/aromatic N) is 1. The number of carbonyl (C=O) groups excluding carboxylic acids is 1. The van der Waals surface area contributed by atoms with Gasteiger partial charge in [0.1, 0.15) is 0 Å². The molecule has 0 spiro atoms. The molecular formula is C16H22BrNO. The maximum atomic E-state index is 12.5. The molecule has 0 aliphatic carbocycles. The number of likely N-dealkylation sites (tertiary alicyclic amines) is 1. The topological polar surface area (TPSA) is 20.3 Å². The molecule has 0 saturated carbocycles. The van der Waals surface area contributed by atoms with Gasteiger partial charge < -0.3 is 4.90 Å². The number of halogens is 1. The second-order valence-corrected chi connectivity index (χ2v) is 6.60. The number of piperidine rings is 1. The summed E-state index contributed by atoms with van der Waals surface area (Å²) >= 11 is 3.53. The lowest BCUT2D eigenvalue weighted by atomic mass is 9.86. The van der Waals surface area contributed by atoms with Gasteiger partial charge >= 0.3 is 0 Å². The predicted molar refractivity (Wildman–Crippen MR) is 82.3 cm³/mol. The minimum absolute atomic E-state index is 0.165. The molecule has 1 amide bonds. The summed E-state index contributed by atoms with van der Waals surface area (Å²) < 4.78 is 0.936. The summed E-state index contributed by atoms with van der Waals surface area (Å²) in [7, 11) is 0. The molecule has 1 aliphatic rings. The van der Waals surface area contributed by atoms with Gasteiger partial charge in [-0.15, -0.1) is 0 Å². The standard InChI is InChI=1S/C16H22BrNO/c1-11(2)13-7-9-18(10-8-13)16(19)14-6-4-5-12(3)15(14)17/h4-6,11,13H,7-10H2,1-3H3. The monoisotopic (exact) mass is 323 g/mol. The average Bonchev–Trinajstić information content (AvgIpc) is 2.41. The Hall–Kier alpha value is -0.830. The van der Waals surface area contributed by atoms with Crippen LogP contribution in [0.4, 0.5) is 0 Å². The first-order chi connectivity index (χ1) is 9.00. The minimum Gasteiger partial charge on any atom is -0.339 e. The lowest BCUT2D eigenvalue weighted by molar-refractivity contribution is 0.0666. The van der Waals surface area contributed by atoms with Gasteiger partial charge in [-0.25, -0.2) is 0 Å². The van der Waals surface area contributed by atoms with E-state index in [1.54, 1.807) is 0 Å². The lowest BCUT2D eigenvalue weighted by Gasteiger charge is -2.34. The molecule has 0 bridgehead atoms. The van der Waals surface area contributed by atoms with Crippen LogP contribution in [0.2, 0.25) is 0 Å². The first-order valence-corrected chi connectivity index (χ1v) is 7.84. The molecule has 2 rings (SSSR count). The fourth-order valence-corrected chi connectivity index (χ4v) is 3.19. The van der Waals surface area contributed by atoms with Crippen LogP contribution >= 0.6 is 15.9 Å². The van der Waals surface area contributed by atoms with Gasteiger partial charge in [0.05, 0.1) is 5.56 Å². The molecule has 2 nitrogen and oxygen atoms in total. The van der Waals surface area contributed by atoms with Gasteiger partial charge in [-0.2, -0.15) is 0 Å². The van der Waals surface area contributed by atoms with Crippen molar-refractivity contribution in [3.8, 4) is 0 Å². The third-order valence-electron chi connectivity index (χ3n) is 4.19. The Balaban J connectivity index is 2.07. The number of benzene rings is 1. The van der Waals surface area contributed by atoms with Crippen LogP contribution < -0.4 is 0 Å². The van der Waals surface area contributed by atoms with Gasteiger partial charge in [0, 0.05) is 17.6 Å². The Morgan fingerprint density at radius 3 is 2.53 bits per heavy atom. The van der Waals surface area contributed by atoms with Crippen LogP contribution in [0.1, 0.15) is 42.6 Å². The second-order valence-electron chi connectivity index (χ2n) is 5.81. The van der Waals surface area contributed by atoms with Gasteiger partial charge in [-0.1, -0.05) is 26.0 Å². The van der Waals surface area contributed by atoms with Gasteiger partial charge in [0.2, 0.25) is 0 Å². The second kappa shape index (κ2) is 6.08. The zero-order valence-electron chi connectivity index (χ0n) is 11.9. The molecule has 0 radical (unpaired) electrons. The van der Waals surface area contributed by atoms with Crippen LogP contribution in [-0.4, -0.2) is 23.9 Å². The van der Waals surface area contributed by atoms with Crippen molar-refractivity contribution in [2.45, 2.75) is 33.6 Å². The molecule has 1 heterocycles. The molecule has 3 heteroatoms. The summed E-state index contributed by atoms with van der Waals surface area (Å²) in [5.74, 6) is 1.66. The molecule has 1 fully saturated rings. The number of hydrogen-bond acceptors (Lipinski definition) is 1. The average molecular weight is 324 g/mol. The van der Waals surface area contributed by atoms with Crippen LogP contribution in [-0.2, 0) is 0 Å². The van der Waals surface area contributed by atoms with E-state index in [0.717, 1.165) is 53.4 Å². The Kier molecular flexibility index (Phi) is 4.67. The van der Waals surface area contributed by atoms with Crippen molar-refractivity contribution in [1.29, 1.82) is 0 Å². The third kappa shape index (κ3) is 3.19. The number of hydrogen-bond donors (Lipinski definition) is 0. The lowest BCUT2D eigenvalue weighted by Crippen LogP contribution is -2.39. The Morgan fingerprint density at radius 2 is 1.95 bits per heavy atom. The van der Waals surface area contributed by atoms with E-state index in [-0.39, 0.29) is 5.91 Å². The van der Waals surface area contributed by atoms with E-state index in [2.05, 4.69) is 29.8 Å². The smallest absolute Gasteiger partial charge is 0.255 e. The molecule has 19 heavy (non-hydrogen) atoms. The highest BCUT2D eigenvalue weighted by atomic mass is 79.9. The van der Waals surface area contributed by atoms with Crippen molar-refractivity contribution in [3.63, 3.8) is 0 Å². The van der Waals surface area contributed by atoms with Crippen molar-refractivity contribution in [1.82, 2.24) is 4.90 Å². The molecular weight excluding hydrogens is 302 g/mol. The normalized spacial score (nSPS) is 17.0. The maximum absolute atomic E-state index is 12.5. The molecule has 0 unspecified atom stereocenters. The van der Waals surface area contributed by atoms with E-state index in [1.807, 2.05) is 30.0 Å². The van der Waals surface area contributed by atoms with Crippen molar-refractivity contribution < 1.29 is 4.79 Å². The van der Waals surface area contributed by atoms with E-state index in [4.69, 9.17) is 0 Å². The number of carbonyl (C=O) groups is 1. The zero-order chi connectivity index (χ0) is 14.0. The van der Waals surface area contributed by atoms with Crippen LogP contribution in [0.15, 0.2) is 22.7 Å². The molecule has 1 aromatic rings. The summed E-state index contributed by atoms with van der Waals surface area (Å²) in [6.45, 7) is 8.36. The van der Waals surface area contributed by atoms with Crippen molar-refractivity contribution in [3.05, 3.63) is 33.8 Å². The molecule has 0 atom stereocenters. The highest BCUT2D eigenvalue weighted by Gasteiger charge is 2.26. The third-order valence-corrected chi connectivity index (χ3v) is 5.24. The SMILES string of the molecule is Cc1cccc(C(=O)N2CCC(C(C)C)CC2)c1Br. The van der Waals surface area contributed by atoms with Crippen LogP contribution in [0, 0.1) is 18.8 Å². The Morgan fingerprint density at radius 1 is 1.32 bits per heavy atom. The molecule has 1 aromatic carbocycles. The minimum atomic E-state index is 0.165. The fraction of sp³-hybridized carbons (Fsp3) is 0.562. The van der Waals surface area contributed by atoms with Gasteiger partial charge in [0.15, 0.2) is 0 Å². The highest BCUT2D eigenvalue weighted by molar-refractivity contribution is 9.10. The van der Waals surface area contributed by atoms with Gasteiger partial charge in [-0.05, 0) is 59.2 Å². The van der Waals surface area contributed by atoms with Crippen molar-refractivity contribution in [2.75, 3.05) is 13.1 Å². The van der Waals surface area contributed by atoms with E-state index in [0.29, 0.717) is 0 Å². The summed E-state index contributed by atoms with van der Waals surface area (Å²) in [6, 6.07) is 5.88. The molecule has 0 N–H and O–H groups in total. The van der Waals surface area contributed by atoms with Crippen molar-refractivity contribution >= 4 is 21.8 Å². The Labute approximate surface area is 124 Å².